The van der Waals surface area contributed by atoms with E-state index in [4.69, 9.17) is 19.7 Å². The molecule has 0 radical (unpaired) electrons. The number of nitrogens with two attached hydrogens (primary N) is 1. The molecule has 1 aliphatic rings. The van der Waals surface area contributed by atoms with Crippen LogP contribution in [0.2, 0.25) is 0 Å². The summed E-state index contributed by atoms with van der Waals surface area (Å²) in [4.78, 5) is 22.7. The summed E-state index contributed by atoms with van der Waals surface area (Å²) in [7, 11) is 0. The maximum absolute atomic E-state index is 11.9. The Labute approximate surface area is 136 Å². The van der Waals surface area contributed by atoms with Crippen LogP contribution in [0.5, 0.6) is 0 Å². The largest absolute Gasteiger partial charge is 0.444 e. The van der Waals surface area contributed by atoms with Crippen molar-refractivity contribution in [3.8, 4) is 0 Å². The summed E-state index contributed by atoms with van der Waals surface area (Å²) in [5, 5.41) is 13.2. The van der Waals surface area contributed by atoms with E-state index < -0.39 is 6.09 Å². The average molecular weight is 335 g/mol. The first kappa shape index (κ1) is 16.0. The Morgan fingerprint density at radius 3 is 3.04 bits per heavy atom. The van der Waals surface area contributed by atoms with Crippen molar-refractivity contribution >= 4 is 17.8 Å². The molecule has 0 saturated carbocycles. The van der Waals surface area contributed by atoms with Crippen molar-refractivity contribution in [1.82, 2.24) is 15.4 Å². The summed E-state index contributed by atoms with van der Waals surface area (Å²) in [5.41, 5.74) is 6.37. The van der Waals surface area contributed by atoms with Crippen molar-refractivity contribution in [2.75, 3.05) is 11.9 Å². The molecule has 3 heterocycles. The van der Waals surface area contributed by atoms with Crippen LogP contribution in [0, 0.1) is 6.92 Å². The molecule has 1 fully saturated rings. The van der Waals surface area contributed by atoms with Crippen LogP contribution in [0.4, 0.5) is 10.6 Å². The first-order valence-corrected chi connectivity index (χ1v) is 7.34. The summed E-state index contributed by atoms with van der Waals surface area (Å²) < 4.78 is 15.4. The maximum atomic E-state index is 11.9. The minimum absolute atomic E-state index is 0.0670. The molecule has 24 heavy (non-hydrogen) atoms. The van der Waals surface area contributed by atoms with Gasteiger partial charge in [0.25, 0.3) is 0 Å². The molecule has 2 unspecified atom stereocenters. The minimum Gasteiger partial charge on any atom is -0.444 e. The van der Waals surface area contributed by atoms with Gasteiger partial charge in [-0.25, -0.2) is 4.79 Å². The number of carbonyl (C=O) groups excluding carboxylic acids is 2. The molecule has 2 atom stereocenters. The zero-order chi connectivity index (χ0) is 17.1. The SMILES string of the molecule is Cc1cc(CC(=O)Nc2cc(C3CC(OC(N)=O)CO3)[nH]n2)on1. The van der Waals surface area contributed by atoms with Gasteiger partial charge in [-0.3, -0.25) is 9.89 Å². The fraction of sp³-hybridized carbons (Fsp3) is 0.429. The van der Waals surface area contributed by atoms with Gasteiger partial charge in [-0.15, -0.1) is 0 Å². The van der Waals surface area contributed by atoms with Crippen LogP contribution in [0.25, 0.3) is 0 Å². The van der Waals surface area contributed by atoms with Crippen LogP contribution in [-0.4, -0.2) is 40.1 Å². The maximum Gasteiger partial charge on any atom is 0.404 e. The summed E-state index contributed by atoms with van der Waals surface area (Å²) in [5.74, 6) is 0.576. The highest BCUT2D eigenvalue weighted by molar-refractivity contribution is 5.91. The second-order valence-electron chi connectivity index (χ2n) is 5.48. The van der Waals surface area contributed by atoms with E-state index >= 15 is 0 Å². The third-order valence-corrected chi connectivity index (χ3v) is 3.47. The monoisotopic (exact) mass is 335 g/mol. The molecule has 2 aromatic rings. The minimum atomic E-state index is -0.829. The number of hydrogen-bond acceptors (Lipinski definition) is 7. The third kappa shape index (κ3) is 3.90. The number of aromatic amines is 1. The van der Waals surface area contributed by atoms with Crippen molar-refractivity contribution in [3.05, 3.63) is 29.3 Å². The number of primary amides is 1. The van der Waals surface area contributed by atoms with E-state index in [2.05, 4.69) is 20.7 Å². The summed E-state index contributed by atoms with van der Waals surface area (Å²) >= 11 is 0. The Morgan fingerprint density at radius 1 is 1.50 bits per heavy atom. The highest BCUT2D eigenvalue weighted by Crippen LogP contribution is 2.30. The van der Waals surface area contributed by atoms with E-state index in [0.717, 1.165) is 0 Å². The zero-order valence-corrected chi connectivity index (χ0v) is 12.9. The fourth-order valence-electron chi connectivity index (χ4n) is 2.47. The smallest absolute Gasteiger partial charge is 0.404 e. The second kappa shape index (κ2) is 6.71. The van der Waals surface area contributed by atoms with Crippen molar-refractivity contribution in [2.24, 2.45) is 5.73 Å². The number of aromatic nitrogens is 3. The number of amides is 2. The van der Waals surface area contributed by atoms with Gasteiger partial charge in [0.05, 0.1) is 24.4 Å². The first-order valence-electron chi connectivity index (χ1n) is 7.34. The highest BCUT2D eigenvalue weighted by atomic mass is 16.6. The van der Waals surface area contributed by atoms with Gasteiger partial charge in [-0.2, -0.15) is 5.10 Å². The molecule has 0 aromatic carbocycles. The number of rotatable bonds is 5. The van der Waals surface area contributed by atoms with Gasteiger partial charge in [0.15, 0.2) is 5.82 Å². The third-order valence-electron chi connectivity index (χ3n) is 3.47. The van der Waals surface area contributed by atoms with E-state index in [1.54, 1.807) is 19.1 Å². The summed E-state index contributed by atoms with van der Waals surface area (Å²) in [6.07, 6.45) is -0.981. The standard InChI is InChI=1S/C14H17N5O5/c1-7-2-8(24-19-7)4-13(20)16-12-5-10(17-18-12)11-3-9(6-22-11)23-14(15)21/h2,5,9,11H,3-4,6H2,1H3,(H2,15,21)(H2,16,17,18,20). The topological polar surface area (TPSA) is 145 Å². The predicted molar refractivity (Wildman–Crippen MR) is 79.9 cm³/mol. The van der Waals surface area contributed by atoms with Crippen molar-refractivity contribution in [3.63, 3.8) is 0 Å². The molecule has 0 bridgehead atoms. The number of nitrogens with one attached hydrogen (secondary N) is 2. The lowest BCUT2D eigenvalue weighted by Crippen LogP contribution is -2.22. The van der Waals surface area contributed by atoms with Crippen LogP contribution in [-0.2, 0) is 20.7 Å². The van der Waals surface area contributed by atoms with E-state index in [-0.39, 0.29) is 31.1 Å². The van der Waals surface area contributed by atoms with Crippen LogP contribution >= 0.6 is 0 Å². The van der Waals surface area contributed by atoms with E-state index in [9.17, 15) is 9.59 Å². The van der Waals surface area contributed by atoms with Gasteiger partial charge in [0.1, 0.15) is 18.0 Å². The van der Waals surface area contributed by atoms with Gasteiger partial charge in [-0.1, -0.05) is 5.16 Å². The first-order chi connectivity index (χ1) is 11.5. The molecule has 1 saturated heterocycles. The van der Waals surface area contributed by atoms with Crippen molar-refractivity contribution < 1.29 is 23.6 Å². The van der Waals surface area contributed by atoms with E-state index in [1.807, 2.05) is 0 Å². The molecule has 128 valence electrons. The number of carbonyl (C=O) groups is 2. The molecule has 1 aliphatic heterocycles. The Hall–Kier alpha value is -2.88. The molecule has 0 spiro atoms. The van der Waals surface area contributed by atoms with E-state index in [0.29, 0.717) is 29.4 Å². The summed E-state index contributed by atoms with van der Waals surface area (Å²) in [6, 6.07) is 3.36. The Balaban J connectivity index is 1.54. The Kier molecular flexibility index (Phi) is 4.47. The molecular weight excluding hydrogens is 318 g/mol. The Bertz CT molecular complexity index is 740. The number of anilines is 1. The van der Waals surface area contributed by atoms with Gasteiger partial charge >= 0.3 is 6.09 Å². The van der Waals surface area contributed by atoms with Crippen LogP contribution in [0.3, 0.4) is 0 Å². The molecule has 2 amide bonds. The molecule has 2 aromatic heterocycles. The highest BCUT2D eigenvalue weighted by Gasteiger charge is 2.30. The zero-order valence-electron chi connectivity index (χ0n) is 12.9. The number of nitrogens with zero attached hydrogens (tertiary/aromatic N) is 2. The predicted octanol–water partition coefficient (Wildman–Crippen LogP) is 0.813. The van der Waals surface area contributed by atoms with Gasteiger partial charge < -0.3 is 25.0 Å². The molecule has 0 aliphatic carbocycles. The normalized spacial score (nSPS) is 20.0. The lowest BCUT2D eigenvalue weighted by molar-refractivity contribution is -0.115. The number of H-pyrrole nitrogens is 1. The van der Waals surface area contributed by atoms with E-state index in [1.165, 1.54) is 0 Å². The Morgan fingerprint density at radius 2 is 2.33 bits per heavy atom. The van der Waals surface area contributed by atoms with Crippen LogP contribution in [0.1, 0.15) is 29.7 Å². The average Bonchev–Trinajstić information content (AvgIpc) is 3.20. The van der Waals surface area contributed by atoms with Gasteiger partial charge in [0.2, 0.25) is 5.91 Å². The molecular formula is C14H17N5O5. The lowest BCUT2D eigenvalue weighted by atomic mass is 10.1. The van der Waals surface area contributed by atoms with Gasteiger partial charge in [0, 0.05) is 18.6 Å². The van der Waals surface area contributed by atoms with Crippen molar-refractivity contribution in [2.45, 2.75) is 32.0 Å². The summed E-state index contributed by atoms with van der Waals surface area (Å²) in [6.45, 7) is 2.04. The van der Waals surface area contributed by atoms with Crippen molar-refractivity contribution in [1.29, 1.82) is 0 Å². The molecule has 3 rings (SSSR count). The number of ether oxygens (including phenoxy) is 2. The molecule has 10 heteroatoms. The number of hydrogen-bond donors (Lipinski definition) is 3. The van der Waals surface area contributed by atoms with Crippen LogP contribution < -0.4 is 11.1 Å². The number of aryl methyl sites for hydroxylation is 1. The quantitative estimate of drug-likeness (QED) is 0.733. The molecule has 4 N–H and O–H groups in total. The molecule has 10 nitrogen and oxygen atoms in total. The second-order valence-corrected chi connectivity index (χ2v) is 5.48. The van der Waals surface area contributed by atoms with Crippen LogP contribution in [0.15, 0.2) is 16.7 Å². The fourth-order valence-corrected chi connectivity index (χ4v) is 2.47. The lowest BCUT2D eigenvalue weighted by Gasteiger charge is -2.07. The van der Waals surface area contributed by atoms with Gasteiger partial charge in [-0.05, 0) is 6.92 Å².